The first-order valence-corrected chi connectivity index (χ1v) is 5.51. The summed E-state index contributed by atoms with van der Waals surface area (Å²) >= 11 is 0. The molecule has 1 aromatic heterocycles. The topological polar surface area (TPSA) is 40.6 Å². The third-order valence-corrected chi connectivity index (χ3v) is 3.39. The summed E-state index contributed by atoms with van der Waals surface area (Å²) in [5.41, 5.74) is -0.126. The predicted molar refractivity (Wildman–Crippen MR) is 66.5 cm³/mol. The molecule has 2 heterocycles. The van der Waals surface area contributed by atoms with E-state index in [0.717, 1.165) is 5.46 Å². The molecule has 17 heavy (non-hydrogen) atoms. The van der Waals surface area contributed by atoms with E-state index in [4.69, 9.17) is 18.2 Å². The maximum Gasteiger partial charge on any atom is 0.496 e. The van der Waals surface area contributed by atoms with Gasteiger partial charge in [0.2, 0.25) is 5.88 Å². The van der Waals surface area contributed by atoms with E-state index in [0.29, 0.717) is 0 Å². The van der Waals surface area contributed by atoms with Gasteiger partial charge in [0, 0.05) is 11.7 Å². The SMILES string of the molecule is [2H]C([2H])([2H])Oc1ccc(B2OC(C)(C)C(C)(C)O2)cn1. The summed E-state index contributed by atoms with van der Waals surface area (Å²) in [5, 5.41) is 0. The number of methoxy groups -OCH3 is 1. The second-order valence-corrected chi connectivity index (χ2v) is 5.12. The lowest BCUT2D eigenvalue weighted by Crippen LogP contribution is -2.41. The van der Waals surface area contributed by atoms with Crippen molar-refractivity contribution >= 4 is 12.6 Å². The van der Waals surface area contributed by atoms with Crippen molar-refractivity contribution in [3.05, 3.63) is 18.3 Å². The van der Waals surface area contributed by atoms with Crippen LogP contribution >= 0.6 is 0 Å². The van der Waals surface area contributed by atoms with Gasteiger partial charge in [-0.05, 0) is 33.8 Å². The quantitative estimate of drug-likeness (QED) is 0.730. The third kappa shape index (κ3) is 2.17. The standard InChI is InChI=1S/C12H18BNO3/c1-11(2)12(3,4)17-13(16-11)9-6-7-10(15-5)14-8-9/h6-8H,1-5H3/i5D3. The van der Waals surface area contributed by atoms with Crippen molar-refractivity contribution in [2.75, 3.05) is 7.04 Å². The lowest BCUT2D eigenvalue weighted by atomic mass is 9.80. The summed E-state index contributed by atoms with van der Waals surface area (Å²) in [4.78, 5) is 3.96. The van der Waals surface area contributed by atoms with Gasteiger partial charge < -0.3 is 14.0 Å². The predicted octanol–water partition coefficient (Wildman–Crippen LogP) is 1.39. The van der Waals surface area contributed by atoms with Crippen molar-refractivity contribution < 1.29 is 18.2 Å². The van der Waals surface area contributed by atoms with Crippen LogP contribution in [0.15, 0.2) is 18.3 Å². The first-order chi connectivity index (χ1) is 9.00. The van der Waals surface area contributed by atoms with Crippen molar-refractivity contribution in [1.82, 2.24) is 4.98 Å². The minimum Gasteiger partial charge on any atom is -0.481 e. The zero-order valence-electron chi connectivity index (χ0n) is 13.5. The van der Waals surface area contributed by atoms with E-state index in [1.54, 1.807) is 6.07 Å². The van der Waals surface area contributed by atoms with E-state index in [1.807, 2.05) is 27.7 Å². The van der Waals surface area contributed by atoms with Crippen LogP contribution in [0.4, 0.5) is 0 Å². The van der Waals surface area contributed by atoms with Gasteiger partial charge in [0.15, 0.2) is 0 Å². The van der Waals surface area contributed by atoms with Gasteiger partial charge in [-0.1, -0.05) is 6.07 Å². The lowest BCUT2D eigenvalue weighted by Gasteiger charge is -2.32. The number of nitrogens with zero attached hydrogens (tertiary/aromatic N) is 1. The van der Waals surface area contributed by atoms with Crippen LogP contribution in [-0.2, 0) is 9.31 Å². The number of hydrogen-bond donors (Lipinski definition) is 0. The van der Waals surface area contributed by atoms with Gasteiger partial charge in [-0.2, -0.15) is 0 Å². The average Bonchev–Trinajstić information content (AvgIpc) is 2.47. The molecule has 92 valence electrons. The smallest absolute Gasteiger partial charge is 0.481 e. The highest BCUT2D eigenvalue weighted by Gasteiger charge is 2.51. The van der Waals surface area contributed by atoms with Crippen molar-refractivity contribution in [3.8, 4) is 5.88 Å². The Labute approximate surface area is 107 Å². The Balaban J connectivity index is 2.12. The third-order valence-electron chi connectivity index (χ3n) is 3.39. The van der Waals surface area contributed by atoms with Crippen LogP contribution in [0.25, 0.3) is 0 Å². The van der Waals surface area contributed by atoms with Gasteiger partial charge in [-0.15, -0.1) is 0 Å². The first-order valence-electron chi connectivity index (χ1n) is 7.01. The Hall–Kier alpha value is -1.07. The maximum absolute atomic E-state index is 7.02. The number of pyridine rings is 1. The van der Waals surface area contributed by atoms with Crippen LogP contribution in [0.2, 0.25) is 0 Å². The highest BCUT2D eigenvalue weighted by Crippen LogP contribution is 2.36. The molecule has 0 unspecified atom stereocenters. The highest BCUT2D eigenvalue weighted by atomic mass is 16.7. The molecule has 0 N–H and O–H groups in total. The molecular formula is C12H18BNO3. The second kappa shape index (κ2) is 4.00. The molecule has 5 heteroatoms. The Kier molecular flexibility index (Phi) is 2.10. The van der Waals surface area contributed by atoms with E-state index in [2.05, 4.69) is 4.98 Å². The Morgan fingerprint density at radius 3 is 2.35 bits per heavy atom. The zero-order chi connectivity index (χ0) is 15.2. The van der Waals surface area contributed by atoms with E-state index < -0.39 is 25.4 Å². The molecule has 0 saturated carbocycles. The van der Waals surface area contributed by atoms with Gasteiger partial charge in [-0.25, -0.2) is 4.98 Å². The summed E-state index contributed by atoms with van der Waals surface area (Å²) in [6.07, 6.45) is 1.50. The van der Waals surface area contributed by atoms with Gasteiger partial charge in [0.05, 0.1) is 22.4 Å². The molecule has 1 fully saturated rings. The Morgan fingerprint density at radius 1 is 1.24 bits per heavy atom. The minimum atomic E-state index is -2.50. The molecule has 0 bridgehead atoms. The first kappa shape index (κ1) is 8.94. The van der Waals surface area contributed by atoms with E-state index in [-0.39, 0.29) is 5.88 Å². The van der Waals surface area contributed by atoms with Crippen molar-refractivity contribution in [1.29, 1.82) is 0 Å². The van der Waals surface area contributed by atoms with Gasteiger partial charge in [0.25, 0.3) is 0 Å². The molecule has 0 atom stereocenters. The lowest BCUT2D eigenvalue weighted by molar-refractivity contribution is 0.00578. The molecular weight excluding hydrogens is 217 g/mol. The fourth-order valence-electron chi connectivity index (χ4n) is 1.57. The van der Waals surface area contributed by atoms with Crippen molar-refractivity contribution in [2.24, 2.45) is 0 Å². The van der Waals surface area contributed by atoms with Crippen molar-refractivity contribution in [3.63, 3.8) is 0 Å². The van der Waals surface area contributed by atoms with E-state index >= 15 is 0 Å². The Bertz CT molecular complexity index is 472. The average molecular weight is 238 g/mol. The largest absolute Gasteiger partial charge is 0.496 e. The summed E-state index contributed by atoms with van der Waals surface area (Å²) in [6.45, 7) is 7.86. The second-order valence-electron chi connectivity index (χ2n) is 5.12. The molecule has 2 rings (SSSR count). The molecule has 0 aliphatic carbocycles. The van der Waals surface area contributed by atoms with Gasteiger partial charge in [0.1, 0.15) is 0 Å². The fraction of sp³-hybridized carbons (Fsp3) is 0.583. The molecule has 0 amide bonds. The molecule has 1 saturated heterocycles. The molecule has 4 nitrogen and oxygen atoms in total. The number of ether oxygens (including phenoxy) is 1. The molecule has 0 spiro atoms. The number of aromatic nitrogens is 1. The molecule has 1 aliphatic rings. The highest BCUT2D eigenvalue weighted by molar-refractivity contribution is 6.62. The van der Waals surface area contributed by atoms with Crippen LogP contribution < -0.4 is 10.2 Å². The van der Waals surface area contributed by atoms with E-state index in [9.17, 15) is 0 Å². The summed E-state index contributed by atoms with van der Waals surface area (Å²) in [5.74, 6) is 0.0465. The number of hydrogen-bond acceptors (Lipinski definition) is 4. The van der Waals surface area contributed by atoms with Crippen LogP contribution in [-0.4, -0.2) is 30.3 Å². The molecule has 1 aliphatic heterocycles. The maximum atomic E-state index is 7.02. The monoisotopic (exact) mass is 238 g/mol. The van der Waals surface area contributed by atoms with Gasteiger partial charge >= 0.3 is 7.12 Å². The molecule has 1 aromatic rings. The summed E-state index contributed by atoms with van der Waals surface area (Å²) in [7, 11) is -3.02. The minimum absolute atomic E-state index is 0.0465. The van der Waals surface area contributed by atoms with Crippen molar-refractivity contribution in [2.45, 2.75) is 38.9 Å². The zero-order valence-corrected chi connectivity index (χ0v) is 10.5. The van der Waals surface area contributed by atoms with Gasteiger partial charge in [-0.3, -0.25) is 0 Å². The Morgan fingerprint density at radius 2 is 1.88 bits per heavy atom. The summed E-state index contributed by atoms with van der Waals surface area (Å²) in [6, 6.07) is 3.18. The fourth-order valence-corrected chi connectivity index (χ4v) is 1.57. The molecule has 0 radical (unpaired) electrons. The van der Waals surface area contributed by atoms with Crippen LogP contribution in [0.3, 0.4) is 0 Å². The van der Waals surface area contributed by atoms with Crippen LogP contribution in [0.5, 0.6) is 5.88 Å². The number of rotatable bonds is 2. The summed E-state index contributed by atoms with van der Waals surface area (Å²) < 4.78 is 37.5. The normalized spacial score (nSPS) is 24.9. The van der Waals surface area contributed by atoms with Crippen LogP contribution in [0.1, 0.15) is 31.8 Å². The molecule has 0 aromatic carbocycles. The van der Waals surface area contributed by atoms with Crippen LogP contribution in [0, 0.1) is 0 Å². The van der Waals surface area contributed by atoms with E-state index in [1.165, 1.54) is 12.3 Å².